The van der Waals surface area contributed by atoms with Crippen LogP contribution >= 0.6 is 11.8 Å². The van der Waals surface area contributed by atoms with E-state index in [9.17, 15) is 14.9 Å². The van der Waals surface area contributed by atoms with Gasteiger partial charge in [-0.1, -0.05) is 0 Å². The van der Waals surface area contributed by atoms with Crippen LogP contribution in [0.2, 0.25) is 0 Å². The summed E-state index contributed by atoms with van der Waals surface area (Å²) in [6.45, 7) is 1.96. The molecule has 0 aromatic carbocycles. The van der Waals surface area contributed by atoms with E-state index in [1.54, 1.807) is 18.7 Å². The lowest BCUT2D eigenvalue weighted by molar-refractivity contribution is -0.498. The standard InChI is InChI=1S/C10H17NO4S/c1-2-15-9(12)7-10(8-11(13)14)3-5-16-6-4-10/h2-8H2,1H3. The van der Waals surface area contributed by atoms with Crippen LogP contribution in [0.1, 0.15) is 26.2 Å². The number of rotatable bonds is 5. The van der Waals surface area contributed by atoms with Crippen molar-refractivity contribution in [2.45, 2.75) is 26.2 Å². The fourth-order valence-corrected chi connectivity index (χ4v) is 3.35. The van der Waals surface area contributed by atoms with Crippen LogP contribution in [0.15, 0.2) is 0 Å². The molecule has 0 bridgehead atoms. The molecular weight excluding hydrogens is 230 g/mol. The maximum atomic E-state index is 11.4. The molecule has 1 aliphatic rings. The van der Waals surface area contributed by atoms with Gasteiger partial charge in [-0.3, -0.25) is 14.9 Å². The number of hydrogen-bond acceptors (Lipinski definition) is 5. The minimum absolute atomic E-state index is 0.119. The van der Waals surface area contributed by atoms with E-state index in [-0.39, 0.29) is 23.9 Å². The zero-order valence-electron chi connectivity index (χ0n) is 9.44. The fourth-order valence-electron chi connectivity index (χ4n) is 1.99. The van der Waals surface area contributed by atoms with Gasteiger partial charge >= 0.3 is 5.97 Å². The second-order valence-electron chi connectivity index (χ2n) is 4.09. The molecule has 1 heterocycles. The molecule has 0 N–H and O–H groups in total. The normalized spacial score (nSPS) is 19.1. The van der Waals surface area contributed by atoms with Crippen LogP contribution in [0.25, 0.3) is 0 Å². The van der Waals surface area contributed by atoms with Gasteiger partial charge in [0.2, 0.25) is 6.54 Å². The van der Waals surface area contributed by atoms with Crippen molar-refractivity contribution in [2.75, 3.05) is 24.7 Å². The number of thioether (sulfide) groups is 1. The Morgan fingerprint density at radius 1 is 1.50 bits per heavy atom. The summed E-state index contributed by atoms with van der Waals surface area (Å²) in [5, 5.41) is 10.7. The summed E-state index contributed by atoms with van der Waals surface area (Å²) in [6, 6.07) is 0. The Bertz CT molecular complexity index is 264. The van der Waals surface area contributed by atoms with Gasteiger partial charge in [-0.15, -0.1) is 0 Å². The summed E-state index contributed by atoms with van der Waals surface area (Å²) >= 11 is 1.79. The van der Waals surface area contributed by atoms with Crippen molar-refractivity contribution >= 4 is 17.7 Å². The topological polar surface area (TPSA) is 69.4 Å². The lowest BCUT2D eigenvalue weighted by atomic mass is 9.79. The molecule has 0 amide bonds. The Morgan fingerprint density at radius 3 is 2.62 bits per heavy atom. The van der Waals surface area contributed by atoms with Gasteiger partial charge in [-0.05, 0) is 31.3 Å². The Morgan fingerprint density at radius 2 is 2.12 bits per heavy atom. The Kier molecular flexibility index (Phi) is 5.05. The van der Waals surface area contributed by atoms with Crippen LogP contribution in [-0.4, -0.2) is 35.5 Å². The molecule has 1 aliphatic heterocycles. The second-order valence-corrected chi connectivity index (χ2v) is 5.31. The summed E-state index contributed by atoms with van der Waals surface area (Å²) in [5.41, 5.74) is -0.471. The van der Waals surface area contributed by atoms with Crippen LogP contribution in [0, 0.1) is 15.5 Å². The van der Waals surface area contributed by atoms with Crippen LogP contribution in [0.3, 0.4) is 0 Å². The number of nitro groups is 1. The first-order valence-electron chi connectivity index (χ1n) is 5.43. The molecule has 5 nitrogen and oxygen atoms in total. The van der Waals surface area contributed by atoms with Crippen molar-refractivity contribution in [1.82, 2.24) is 0 Å². The first-order chi connectivity index (χ1) is 7.58. The van der Waals surface area contributed by atoms with E-state index in [4.69, 9.17) is 4.74 Å². The molecule has 16 heavy (non-hydrogen) atoms. The Balaban J connectivity index is 2.62. The number of hydrogen-bond donors (Lipinski definition) is 0. The van der Waals surface area contributed by atoms with Crippen molar-refractivity contribution in [2.24, 2.45) is 5.41 Å². The van der Waals surface area contributed by atoms with E-state index in [2.05, 4.69) is 0 Å². The number of esters is 1. The monoisotopic (exact) mass is 247 g/mol. The van der Waals surface area contributed by atoms with Crippen molar-refractivity contribution < 1.29 is 14.5 Å². The molecule has 1 saturated heterocycles. The van der Waals surface area contributed by atoms with Gasteiger partial charge in [0.15, 0.2) is 0 Å². The van der Waals surface area contributed by atoms with Crippen LogP contribution < -0.4 is 0 Å². The van der Waals surface area contributed by atoms with E-state index in [1.807, 2.05) is 0 Å². The number of nitrogens with zero attached hydrogens (tertiary/aromatic N) is 1. The average molecular weight is 247 g/mol. The largest absolute Gasteiger partial charge is 0.466 e. The maximum absolute atomic E-state index is 11.4. The molecule has 92 valence electrons. The zero-order valence-corrected chi connectivity index (χ0v) is 10.3. The summed E-state index contributed by atoms with van der Waals surface area (Å²) in [6.07, 6.45) is 1.65. The van der Waals surface area contributed by atoms with E-state index >= 15 is 0 Å². The number of ether oxygens (including phenoxy) is 1. The highest BCUT2D eigenvalue weighted by molar-refractivity contribution is 7.99. The smallest absolute Gasteiger partial charge is 0.306 e. The SMILES string of the molecule is CCOC(=O)CC1(C[N+](=O)[O-])CCSCC1. The summed E-state index contributed by atoms with van der Waals surface area (Å²) in [5.74, 6) is 1.48. The molecule has 0 unspecified atom stereocenters. The molecule has 0 radical (unpaired) electrons. The van der Waals surface area contributed by atoms with Gasteiger partial charge in [0.05, 0.1) is 13.0 Å². The summed E-state index contributed by atoms with van der Waals surface area (Å²) in [4.78, 5) is 21.8. The van der Waals surface area contributed by atoms with Crippen LogP contribution in [0.5, 0.6) is 0 Å². The molecule has 6 heteroatoms. The summed E-state index contributed by atoms with van der Waals surface area (Å²) in [7, 11) is 0. The van der Waals surface area contributed by atoms with Crippen molar-refractivity contribution in [1.29, 1.82) is 0 Å². The van der Waals surface area contributed by atoms with Gasteiger partial charge in [-0.2, -0.15) is 11.8 Å². The predicted molar refractivity (Wildman–Crippen MR) is 62.1 cm³/mol. The zero-order chi connectivity index (χ0) is 12.0. The molecule has 0 spiro atoms. The molecule has 0 aromatic rings. The van der Waals surface area contributed by atoms with E-state index in [0.717, 1.165) is 24.3 Å². The van der Waals surface area contributed by atoms with E-state index < -0.39 is 5.41 Å². The van der Waals surface area contributed by atoms with Gasteiger partial charge in [0, 0.05) is 10.3 Å². The first kappa shape index (κ1) is 13.3. The van der Waals surface area contributed by atoms with Crippen LogP contribution in [0.4, 0.5) is 0 Å². The molecule has 0 aliphatic carbocycles. The van der Waals surface area contributed by atoms with Gasteiger partial charge in [-0.25, -0.2) is 0 Å². The molecule has 0 atom stereocenters. The third-order valence-electron chi connectivity index (χ3n) is 2.84. The lowest BCUT2D eigenvalue weighted by Gasteiger charge is -2.32. The number of carbonyl (C=O) groups excluding carboxylic acids is 1. The lowest BCUT2D eigenvalue weighted by Crippen LogP contribution is -2.36. The Hall–Kier alpha value is -0.780. The third-order valence-corrected chi connectivity index (χ3v) is 3.83. The van der Waals surface area contributed by atoms with Crippen molar-refractivity contribution in [3.63, 3.8) is 0 Å². The minimum atomic E-state index is -0.471. The Labute approximate surface area is 99.1 Å². The number of carbonyl (C=O) groups is 1. The molecule has 1 fully saturated rings. The van der Waals surface area contributed by atoms with Crippen LogP contribution in [-0.2, 0) is 9.53 Å². The maximum Gasteiger partial charge on any atom is 0.306 e. The highest BCUT2D eigenvalue weighted by Gasteiger charge is 2.39. The van der Waals surface area contributed by atoms with E-state index in [1.165, 1.54) is 0 Å². The van der Waals surface area contributed by atoms with Gasteiger partial charge in [0.1, 0.15) is 0 Å². The average Bonchev–Trinajstić information content (AvgIpc) is 2.17. The molecule has 1 rings (SSSR count). The first-order valence-corrected chi connectivity index (χ1v) is 6.59. The fraction of sp³-hybridized carbons (Fsp3) is 0.900. The van der Waals surface area contributed by atoms with E-state index in [0.29, 0.717) is 6.61 Å². The highest BCUT2D eigenvalue weighted by atomic mass is 32.2. The molecule has 0 saturated carbocycles. The summed E-state index contributed by atoms with van der Waals surface area (Å²) < 4.78 is 4.88. The minimum Gasteiger partial charge on any atom is -0.466 e. The van der Waals surface area contributed by atoms with Gasteiger partial charge < -0.3 is 4.74 Å². The van der Waals surface area contributed by atoms with Crippen molar-refractivity contribution in [3.8, 4) is 0 Å². The third kappa shape index (κ3) is 4.00. The van der Waals surface area contributed by atoms with Gasteiger partial charge in [0.25, 0.3) is 0 Å². The highest BCUT2D eigenvalue weighted by Crippen LogP contribution is 2.38. The van der Waals surface area contributed by atoms with Crippen molar-refractivity contribution in [3.05, 3.63) is 10.1 Å². The predicted octanol–water partition coefficient (Wildman–Crippen LogP) is 1.73. The molecular formula is C10H17NO4S. The quantitative estimate of drug-likeness (QED) is 0.420. The second kappa shape index (κ2) is 6.08. The molecule has 0 aromatic heterocycles.